The number of nitrogens with zero attached hydrogens (tertiary/aromatic N) is 6. The van der Waals surface area contributed by atoms with Crippen molar-refractivity contribution in [2.24, 2.45) is 53.3 Å². The normalized spacial score (nSPS) is 38.8. The summed E-state index contributed by atoms with van der Waals surface area (Å²) in [7, 11) is 0. The molecule has 0 aromatic carbocycles. The largest absolute Gasteiger partial charge is 0.306 e. The van der Waals surface area contributed by atoms with E-state index in [1.807, 2.05) is 0 Å². The zero-order chi connectivity index (χ0) is 56.8. The lowest BCUT2D eigenvalue weighted by molar-refractivity contribution is 0.0833. The number of nitrogens with one attached hydrogen (secondary N) is 6. The SMILES string of the molecule is CCCCCCCCCCN1C2CCC3CC2C2CC(CCC21)N1C=C(NN1)C1CCC2C(C1)C1CC(CCC1N2CCCCCCCCCC)N1C=C(NN1)C1CCC2C(C1)C1CC(CCC1N2CCCCCCCCCC)N1C=C3NN1. The molecule has 84 heavy (non-hydrogen) atoms. The van der Waals surface area contributed by atoms with Gasteiger partial charge in [-0.2, -0.15) is 0 Å². The molecule has 13 rings (SSSR count). The van der Waals surface area contributed by atoms with Crippen molar-refractivity contribution in [2.75, 3.05) is 19.6 Å². The fourth-order valence-electron chi connectivity index (χ4n) is 22.2. The van der Waals surface area contributed by atoms with Crippen molar-refractivity contribution in [3.8, 4) is 0 Å². The number of hydrazine groups is 6. The van der Waals surface area contributed by atoms with Gasteiger partial charge in [0.2, 0.25) is 0 Å². The van der Waals surface area contributed by atoms with Crippen LogP contribution < -0.4 is 32.9 Å². The Bertz CT molecular complexity index is 1920. The van der Waals surface area contributed by atoms with Crippen LogP contribution in [0.5, 0.6) is 0 Å². The molecule has 6 aliphatic carbocycles. The van der Waals surface area contributed by atoms with E-state index in [1.165, 1.54) is 306 Å². The predicted molar refractivity (Wildman–Crippen MR) is 345 cm³/mol. The number of hydrogen-bond acceptors (Lipinski definition) is 12. The second-order valence-corrected chi connectivity index (χ2v) is 31.1. The van der Waals surface area contributed by atoms with Gasteiger partial charge in [0, 0.05) is 108 Å². The Balaban J connectivity index is 0.749. The lowest BCUT2D eigenvalue weighted by Gasteiger charge is -2.40. The molecule has 6 saturated carbocycles. The zero-order valence-corrected chi connectivity index (χ0v) is 54.1. The van der Waals surface area contributed by atoms with Gasteiger partial charge in [-0.1, -0.05) is 156 Å². The fraction of sp³-hybridized carbons (Fsp3) is 0.917. The van der Waals surface area contributed by atoms with Crippen LogP contribution in [-0.2, 0) is 0 Å². The van der Waals surface area contributed by atoms with Gasteiger partial charge in [-0.25, -0.2) is 0 Å². The van der Waals surface area contributed by atoms with Crippen molar-refractivity contribution < 1.29 is 0 Å². The Morgan fingerprint density at radius 2 is 0.524 bits per heavy atom. The van der Waals surface area contributed by atoms with Gasteiger partial charge in [0.05, 0.1) is 0 Å². The molecule has 12 nitrogen and oxygen atoms in total. The summed E-state index contributed by atoms with van der Waals surface area (Å²) >= 11 is 0. The maximum absolute atomic E-state index is 3.93. The van der Waals surface area contributed by atoms with E-state index in [0.29, 0.717) is 35.9 Å². The molecule has 0 radical (unpaired) electrons. The first-order chi connectivity index (χ1) is 41.5. The zero-order valence-electron chi connectivity index (χ0n) is 54.1. The lowest BCUT2D eigenvalue weighted by atomic mass is 9.68. The number of likely N-dealkylation sites (tertiary alicyclic amines) is 3. The molecule has 7 aliphatic heterocycles. The van der Waals surface area contributed by atoms with Gasteiger partial charge in [-0.3, -0.25) is 29.7 Å². The lowest BCUT2D eigenvalue weighted by Crippen LogP contribution is -2.49. The molecule has 18 unspecified atom stereocenters. The molecule has 13 aliphatic rings. The summed E-state index contributed by atoms with van der Waals surface area (Å²) in [5.41, 5.74) is 28.0. The fourth-order valence-corrected chi connectivity index (χ4v) is 22.2. The third-order valence-electron chi connectivity index (χ3n) is 26.4. The van der Waals surface area contributed by atoms with E-state index >= 15 is 0 Å². The third kappa shape index (κ3) is 13.3. The van der Waals surface area contributed by atoms with Crippen LogP contribution in [0.25, 0.3) is 0 Å². The van der Waals surface area contributed by atoms with Gasteiger partial charge in [-0.15, -0.1) is 16.6 Å². The van der Waals surface area contributed by atoms with Gasteiger partial charge in [0.15, 0.2) is 0 Å². The van der Waals surface area contributed by atoms with E-state index in [0.717, 1.165) is 71.8 Å². The Hall–Kier alpha value is -2.22. The van der Waals surface area contributed by atoms with Crippen molar-refractivity contribution in [3.63, 3.8) is 0 Å². The summed E-state index contributed by atoms with van der Waals surface area (Å²) in [6.07, 6.45) is 66.2. The van der Waals surface area contributed by atoms with Crippen molar-refractivity contribution in [3.05, 3.63) is 35.7 Å². The summed E-state index contributed by atoms with van der Waals surface area (Å²) in [4.78, 5) is 9.47. The molecule has 474 valence electrons. The molecule has 0 spiro atoms. The minimum Gasteiger partial charge on any atom is -0.306 e. The summed E-state index contributed by atoms with van der Waals surface area (Å²) in [6.45, 7) is 11.1. The molecule has 7 heterocycles. The molecule has 6 N–H and O–H groups in total. The van der Waals surface area contributed by atoms with Crippen LogP contribution in [0.2, 0.25) is 0 Å². The number of fused-ring (bicyclic) bond motifs is 15. The van der Waals surface area contributed by atoms with E-state index in [4.69, 9.17) is 0 Å². The third-order valence-corrected chi connectivity index (χ3v) is 26.4. The van der Waals surface area contributed by atoms with Crippen LogP contribution in [0.1, 0.15) is 290 Å². The van der Waals surface area contributed by atoms with Gasteiger partial charge < -0.3 is 16.3 Å². The Morgan fingerprint density at radius 3 is 0.798 bits per heavy atom. The average molecular weight is 1160 g/mol. The number of rotatable bonds is 27. The van der Waals surface area contributed by atoms with E-state index < -0.39 is 0 Å². The maximum Gasteiger partial charge on any atom is 0.0484 e. The Kier molecular flexibility index (Phi) is 21.1. The van der Waals surface area contributed by atoms with Crippen LogP contribution in [-0.4, -0.2) is 104 Å². The topological polar surface area (TPSA) is 91.6 Å². The van der Waals surface area contributed by atoms with Gasteiger partial charge >= 0.3 is 0 Å². The van der Waals surface area contributed by atoms with Crippen LogP contribution in [0, 0.1) is 53.3 Å². The minimum atomic E-state index is 0.568. The van der Waals surface area contributed by atoms with Crippen molar-refractivity contribution in [1.29, 1.82) is 0 Å². The number of allylic oxidation sites excluding steroid dienone is 3. The van der Waals surface area contributed by atoms with Gasteiger partial charge in [-0.05, 0) is 190 Å². The second-order valence-electron chi connectivity index (χ2n) is 31.1. The van der Waals surface area contributed by atoms with Crippen molar-refractivity contribution >= 4 is 0 Å². The number of unbranched alkanes of at least 4 members (excludes halogenated alkanes) is 21. The molecule has 9 fully saturated rings. The van der Waals surface area contributed by atoms with E-state index in [2.05, 4.69) is 102 Å². The quantitative estimate of drug-likeness (QED) is 0.0443. The van der Waals surface area contributed by atoms with Gasteiger partial charge in [0.1, 0.15) is 0 Å². The van der Waals surface area contributed by atoms with Crippen molar-refractivity contribution in [1.82, 2.24) is 62.6 Å². The van der Waals surface area contributed by atoms with Crippen LogP contribution in [0.15, 0.2) is 35.7 Å². The first-order valence-electron chi connectivity index (χ1n) is 37.9. The monoisotopic (exact) mass is 1160 g/mol. The van der Waals surface area contributed by atoms with Crippen molar-refractivity contribution in [2.45, 2.75) is 345 Å². The van der Waals surface area contributed by atoms with E-state index in [1.54, 1.807) is 0 Å². The molecular formula is C72H126N12. The highest BCUT2D eigenvalue weighted by Gasteiger charge is 2.57. The molecule has 3 saturated heterocycles. The molecule has 18 atom stereocenters. The number of hydrogen-bond donors (Lipinski definition) is 6. The maximum atomic E-state index is 3.93. The first-order valence-corrected chi connectivity index (χ1v) is 37.9. The van der Waals surface area contributed by atoms with E-state index in [-0.39, 0.29) is 0 Å². The standard InChI is InChI=1S/C72H126N12/c1-4-7-10-13-16-19-22-25-40-79-67-34-28-52-43-58(67)61-46-55(31-37-70(61)79)82-50-65(74-76-82)53-29-35-68-59(44-53)63-48-57(33-39-72(63)80(68)41-26-23-20-17-14-11-8-5-2)84-51-66(75-78-84)54-30-36-69-60(45-54)62-47-56(83-49-64(52)73-77-83)32-38-71(62)81(69)42-27-24-21-18-15-12-9-6-3/h49-63,67-78H,4-48H2,1-3H3. The Morgan fingerprint density at radius 1 is 0.286 bits per heavy atom. The van der Waals surface area contributed by atoms with Crippen LogP contribution in [0.3, 0.4) is 0 Å². The minimum absolute atomic E-state index is 0.568. The second kappa shape index (κ2) is 29.2. The van der Waals surface area contributed by atoms with E-state index in [9.17, 15) is 0 Å². The molecule has 18 bridgehead atoms. The highest BCUT2D eigenvalue weighted by molar-refractivity contribution is 5.19. The molecule has 0 aromatic heterocycles. The van der Waals surface area contributed by atoms with Gasteiger partial charge in [0.25, 0.3) is 0 Å². The van der Waals surface area contributed by atoms with Crippen LogP contribution >= 0.6 is 0 Å². The Labute approximate surface area is 513 Å². The summed E-state index contributed by atoms with van der Waals surface area (Å²) in [5, 5.41) is 7.86. The summed E-state index contributed by atoms with van der Waals surface area (Å²) < 4.78 is 0. The average Bonchev–Trinajstić information content (AvgIpc) is 3.18. The summed E-state index contributed by atoms with van der Waals surface area (Å²) in [6, 6.07) is 6.30. The first kappa shape index (κ1) is 60.7. The summed E-state index contributed by atoms with van der Waals surface area (Å²) in [5.74, 6) is 6.65. The smallest absolute Gasteiger partial charge is 0.0484 e. The molecular weight excluding hydrogens is 1030 g/mol. The molecule has 0 amide bonds. The van der Waals surface area contributed by atoms with Crippen LogP contribution in [0.4, 0.5) is 0 Å². The highest BCUT2D eigenvalue weighted by atomic mass is 15.7. The molecule has 0 aromatic rings. The molecule has 12 heteroatoms. The predicted octanol–water partition coefficient (Wildman–Crippen LogP) is 14.8. The highest BCUT2D eigenvalue weighted by Crippen LogP contribution is 2.56.